The van der Waals surface area contributed by atoms with Crippen LogP contribution < -0.4 is 5.32 Å². The van der Waals surface area contributed by atoms with Gasteiger partial charge in [0.1, 0.15) is 0 Å². The van der Waals surface area contributed by atoms with E-state index in [2.05, 4.69) is 22.3 Å². The van der Waals surface area contributed by atoms with Gasteiger partial charge in [-0.2, -0.15) is 5.10 Å². The maximum atomic E-state index is 5.99. The van der Waals surface area contributed by atoms with Gasteiger partial charge in [-0.3, -0.25) is 4.98 Å². The highest BCUT2D eigenvalue weighted by Crippen LogP contribution is 2.16. The summed E-state index contributed by atoms with van der Waals surface area (Å²) in [5.41, 5.74) is 2.80. The number of nitrogens with one attached hydrogen (secondary N) is 1. The predicted octanol–water partition coefficient (Wildman–Crippen LogP) is 2.34. The van der Waals surface area contributed by atoms with Gasteiger partial charge >= 0.3 is 0 Å². The number of aromatic nitrogens is 3. The average Bonchev–Trinajstić information content (AvgIpc) is 2.68. The van der Waals surface area contributed by atoms with Crippen molar-refractivity contribution in [1.29, 1.82) is 0 Å². The Morgan fingerprint density at radius 2 is 2.29 bits per heavy atom. The minimum Gasteiger partial charge on any atom is -0.311 e. The van der Waals surface area contributed by atoms with Crippen LogP contribution in [0.4, 0.5) is 0 Å². The molecule has 0 fully saturated rings. The SMILES string of the molecule is CCNCc1cc(-n2cc(Cl)c(C)n2)ccn1. The van der Waals surface area contributed by atoms with Crippen molar-refractivity contribution >= 4 is 11.6 Å². The molecule has 0 amide bonds. The molecule has 5 heteroatoms. The molecule has 2 heterocycles. The fraction of sp³-hybridized carbons (Fsp3) is 0.333. The molecule has 0 aliphatic rings. The molecule has 2 aromatic rings. The third-order valence-corrected chi connectivity index (χ3v) is 2.83. The second-order valence-electron chi connectivity index (χ2n) is 3.79. The number of halogens is 1. The molecular weight excluding hydrogens is 236 g/mol. The lowest BCUT2D eigenvalue weighted by Crippen LogP contribution is -2.13. The Bertz CT molecular complexity index is 487. The first kappa shape index (κ1) is 12.1. The Kier molecular flexibility index (Phi) is 3.76. The molecule has 0 spiro atoms. The average molecular weight is 251 g/mol. The first-order chi connectivity index (χ1) is 8.20. The molecule has 17 heavy (non-hydrogen) atoms. The normalized spacial score (nSPS) is 10.8. The maximum Gasteiger partial charge on any atom is 0.0819 e. The molecule has 0 atom stereocenters. The van der Waals surface area contributed by atoms with Crippen LogP contribution in [0.2, 0.25) is 5.02 Å². The van der Waals surface area contributed by atoms with Crippen molar-refractivity contribution in [2.45, 2.75) is 20.4 Å². The van der Waals surface area contributed by atoms with E-state index in [4.69, 9.17) is 11.6 Å². The Morgan fingerprint density at radius 3 is 2.94 bits per heavy atom. The summed E-state index contributed by atoms with van der Waals surface area (Å²) in [6.07, 6.45) is 3.59. The molecule has 90 valence electrons. The van der Waals surface area contributed by atoms with E-state index < -0.39 is 0 Å². The summed E-state index contributed by atoms with van der Waals surface area (Å²) in [6.45, 7) is 5.65. The molecule has 0 saturated carbocycles. The summed E-state index contributed by atoms with van der Waals surface area (Å²) in [5, 5.41) is 8.26. The number of nitrogens with zero attached hydrogens (tertiary/aromatic N) is 3. The molecule has 0 bridgehead atoms. The Morgan fingerprint density at radius 1 is 1.47 bits per heavy atom. The smallest absolute Gasteiger partial charge is 0.0819 e. The highest BCUT2D eigenvalue weighted by molar-refractivity contribution is 6.31. The van der Waals surface area contributed by atoms with E-state index in [9.17, 15) is 0 Å². The van der Waals surface area contributed by atoms with E-state index in [1.165, 1.54) is 0 Å². The molecule has 0 aliphatic carbocycles. The van der Waals surface area contributed by atoms with E-state index in [0.29, 0.717) is 5.02 Å². The van der Waals surface area contributed by atoms with Gasteiger partial charge < -0.3 is 5.32 Å². The lowest BCUT2D eigenvalue weighted by atomic mass is 10.3. The van der Waals surface area contributed by atoms with Crippen molar-refractivity contribution in [2.24, 2.45) is 0 Å². The van der Waals surface area contributed by atoms with Gasteiger partial charge in [-0.15, -0.1) is 0 Å². The van der Waals surface area contributed by atoms with Crippen molar-refractivity contribution in [3.05, 3.63) is 40.9 Å². The number of rotatable bonds is 4. The lowest BCUT2D eigenvalue weighted by Gasteiger charge is -2.04. The molecule has 0 aliphatic heterocycles. The van der Waals surface area contributed by atoms with E-state index in [-0.39, 0.29) is 0 Å². The highest BCUT2D eigenvalue weighted by atomic mass is 35.5. The fourth-order valence-corrected chi connectivity index (χ4v) is 1.66. The van der Waals surface area contributed by atoms with Crippen LogP contribution in [-0.4, -0.2) is 21.3 Å². The molecule has 0 saturated heterocycles. The van der Waals surface area contributed by atoms with Crippen molar-refractivity contribution in [2.75, 3.05) is 6.54 Å². The van der Waals surface area contributed by atoms with Gasteiger partial charge in [-0.25, -0.2) is 4.68 Å². The van der Waals surface area contributed by atoms with Crippen LogP contribution in [-0.2, 0) is 6.54 Å². The lowest BCUT2D eigenvalue weighted by molar-refractivity contribution is 0.708. The van der Waals surface area contributed by atoms with Gasteiger partial charge in [0.2, 0.25) is 0 Å². The molecule has 0 unspecified atom stereocenters. The zero-order chi connectivity index (χ0) is 12.3. The van der Waals surface area contributed by atoms with Gasteiger partial charge in [0.25, 0.3) is 0 Å². The number of pyridine rings is 1. The summed E-state index contributed by atoms with van der Waals surface area (Å²) >= 11 is 5.99. The molecule has 2 rings (SSSR count). The quantitative estimate of drug-likeness (QED) is 0.906. The van der Waals surface area contributed by atoms with Crippen LogP contribution in [0.1, 0.15) is 18.3 Å². The summed E-state index contributed by atoms with van der Waals surface area (Å²) in [6, 6.07) is 3.92. The second-order valence-corrected chi connectivity index (χ2v) is 4.20. The van der Waals surface area contributed by atoms with Crippen LogP contribution in [0.3, 0.4) is 0 Å². The Balaban J connectivity index is 2.26. The summed E-state index contributed by atoms with van der Waals surface area (Å²) < 4.78 is 1.77. The largest absolute Gasteiger partial charge is 0.311 e. The minimum absolute atomic E-state index is 0.676. The molecule has 1 N–H and O–H groups in total. The van der Waals surface area contributed by atoms with Crippen molar-refractivity contribution < 1.29 is 0 Å². The summed E-state index contributed by atoms with van der Waals surface area (Å²) in [5.74, 6) is 0. The zero-order valence-corrected chi connectivity index (χ0v) is 10.7. The second kappa shape index (κ2) is 5.29. The molecule has 4 nitrogen and oxygen atoms in total. The molecular formula is C12H15ClN4. The Labute approximate surface area is 106 Å². The van der Waals surface area contributed by atoms with Gasteiger partial charge in [0, 0.05) is 18.9 Å². The van der Waals surface area contributed by atoms with Crippen LogP contribution in [0.15, 0.2) is 24.5 Å². The van der Waals surface area contributed by atoms with Crippen molar-refractivity contribution in [3.63, 3.8) is 0 Å². The monoisotopic (exact) mass is 250 g/mol. The van der Waals surface area contributed by atoms with Crippen molar-refractivity contribution in [3.8, 4) is 5.69 Å². The van der Waals surface area contributed by atoms with Crippen LogP contribution >= 0.6 is 11.6 Å². The van der Waals surface area contributed by atoms with Gasteiger partial charge in [-0.1, -0.05) is 18.5 Å². The first-order valence-electron chi connectivity index (χ1n) is 5.58. The highest BCUT2D eigenvalue weighted by Gasteiger charge is 2.04. The third-order valence-electron chi connectivity index (χ3n) is 2.46. The number of hydrogen-bond acceptors (Lipinski definition) is 3. The van der Waals surface area contributed by atoms with Crippen LogP contribution in [0.5, 0.6) is 0 Å². The van der Waals surface area contributed by atoms with Gasteiger partial charge in [0.05, 0.1) is 22.1 Å². The number of aryl methyl sites for hydroxylation is 1. The third kappa shape index (κ3) is 2.84. The fourth-order valence-electron chi connectivity index (χ4n) is 1.53. The standard InChI is InChI=1S/C12H15ClN4/c1-3-14-7-10-6-11(4-5-15-10)17-8-12(13)9(2)16-17/h4-6,8,14H,3,7H2,1-2H3. The van der Waals surface area contributed by atoms with Gasteiger partial charge in [-0.05, 0) is 25.6 Å². The minimum atomic E-state index is 0.676. The van der Waals surface area contributed by atoms with E-state index in [1.807, 2.05) is 25.3 Å². The number of hydrogen-bond donors (Lipinski definition) is 1. The molecule has 0 radical (unpaired) electrons. The van der Waals surface area contributed by atoms with Crippen LogP contribution in [0, 0.1) is 6.92 Å². The summed E-state index contributed by atoms with van der Waals surface area (Å²) in [4.78, 5) is 4.30. The molecule has 2 aromatic heterocycles. The maximum absolute atomic E-state index is 5.99. The van der Waals surface area contributed by atoms with E-state index in [0.717, 1.165) is 30.2 Å². The first-order valence-corrected chi connectivity index (χ1v) is 5.96. The Hall–Kier alpha value is -1.39. The van der Waals surface area contributed by atoms with Crippen molar-refractivity contribution in [1.82, 2.24) is 20.1 Å². The molecule has 0 aromatic carbocycles. The predicted molar refractivity (Wildman–Crippen MR) is 68.5 cm³/mol. The zero-order valence-electron chi connectivity index (χ0n) is 9.94. The van der Waals surface area contributed by atoms with E-state index in [1.54, 1.807) is 10.9 Å². The topological polar surface area (TPSA) is 42.7 Å². The van der Waals surface area contributed by atoms with Gasteiger partial charge in [0.15, 0.2) is 0 Å². The van der Waals surface area contributed by atoms with Crippen LogP contribution in [0.25, 0.3) is 5.69 Å². The van der Waals surface area contributed by atoms with E-state index >= 15 is 0 Å². The summed E-state index contributed by atoms with van der Waals surface area (Å²) in [7, 11) is 0.